The number of piperazine rings is 1. The topological polar surface area (TPSA) is 69.2 Å². The second-order valence-corrected chi connectivity index (χ2v) is 10.1. The van der Waals surface area contributed by atoms with Gasteiger partial charge in [0.15, 0.2) is 5.96 Å². The lowest BCUT2D eigenvalue weighted by atomic mass is 9.57. The minimum atomic E-state index is 0. The second kappa shape index (κ2) is 11.0. The highest BCUT2D eigenvalue weighted by Crippen LogP contribution is 2.52. The SMILES string of the molecule is CCNC(=NCCN1CCN(C(=O)C2CCCC2)CC1)NC1C2CCOC2C1(C)C.I. The highest BCUT2D eigenvalue weighted by atomic mass is 127. The van der Waals surface area contributed by atoms with Crippen LogP contribution in [-0.2, 0) is 9.53 Å². The van der Waals surface area contributed by atoms with E-state index in [1.165, 1.54) is 12.8 Å². The first-order chi connectivity index (χ1) is 14.5. The predicted octanol–water partition coefficient (Wildman–Crippen LogP) is 2.31. The third kappa shape index (κ3) is 5.49. The zero-order valence-electron chi connectivity index (χ0n) is 19.6. The molecule has 0 spiro atoms. The average molecular weight is 548 g/mol. The summed E-state index contributed by atoms with van der Waals surface area (Å²) in [4.78, 5) is 22.0. The molecule has 4 rings (SSSR count). The van der Waals surface area contributed by atoms with Crippen molar-refractivity contribution in [2.24, 2.45) is 22.2 Å². The van der Waals surface area contributed by atoms with Gasteiger partial charge in [0.1, 0.15) is 0 Å². The fraction of sp³-hybridized carbons (Fsp3) is 0.913. The summed E-state index contributed by atoms with van der Waals surface area (Å²) in [6, 6.07) is 0.424. The van der Waals surface area contributed by atoms with Crippen molar-refractivity contribution in [3.05, 3.63) is 0 Å². The number of nitrogens with zero attached hydrogens (tertiary/aromatic N) is 3. The highest BCUT2D eigenvalue weighted by molar-refractivity contribution is 14.0. The van der Waals surface area contributed by atoms with Gasteiger partial charge in [0.25, 0.3) is 0 Å². The van der Waals surface area contributed by atoms with E-state index in [9.17, 15) is 4.79 Å². The summed E-state index contributed by atoms with van der Waals surface area (Å²) in [5.41, 5.74) is 0.152. The maximum Gasteiger partial charge on any atom is 0.225 e. The number of carbonyl (C=O) groups is 1. The maximum atomic E-state index is 12.6. The van der Waals surface area contributed by atoms with Gasteiger partial charge in [0.05, 0.1) is 12.6 Å². The van der Waals surface area contributed by atoms with E-state index in [4.69, 9.17) is 9.73 Å². The molecule has 1 amide bonds. The summed E-state index contributed by atoms with van der Waals surface area (Å²) in [5.74, 6) is 2.24. The Bertz CT molecular complexity index is 629. The molecule has 0 radical (unpaired) electrons. The molecule has 4 fully saturated rings. The number of hydrogen-bond acceptors (Lipinski definition) is 4. The van der Waals surface area contributed by atoms with Crippen LogP contribution in [0.2, 0.25) is 0 Å². The Morgan fingerprint density at radius 1 is 1.13 bits per heavy atom. The summed E-state index contributed by atoms with van der Waals surface area (Å²) >= 11 is 0. The Hall–Kier alpha value is -0.610. The number of nitrogens with one attached hydrogen (secondary N) is 2. The van der Waals surface area contributed by atoms with Crippen molar-refractivity contribution >= 4 is 35.8 Å². The molecular weight excluding hydrogens is 505 g/mol. The Morgan fingerprint density at radius 2 is 1.84 bits per heavy atom. The fourth-order valence-corrected chi connectivity index (χ4v) is 6.01. The zero-order chi connectivity index (χ0) is 21.1. The van der Waals surface area contributed by atoms with Crippen molar-refractivity contribution in [3.63, 3.8) is 0 Å². The lowest BCUT2D eigenvalue weighted by molar-refractivity contribution is -0.137. The quantitative estimate of drug-likeness (QED) is 0.304. The van der Waals surface area contributed by atoms with Crippen LogP contribution in [0.5, 0.6) is 0 Å². The molecule has 0 bridgehead atoms. The molecular formula is C23H42IN5O2. The minimum absolute atomic E-state index is 0. The van der Waals surface area contributed by atoms with E-state index in [1.54, 1.807) is 0 Å². The van der Waals surface area contributed by atoms with E-state index in [0.29, 0.717) is 29.9 Å². The van der Waals surface area contributed by atoms with Gasteiger partial charge in [0, 0.05) is 69.2 Å². The van der Waals surface area contributed by atoms with Gasteiger partial charge < -0.3 is 20.3 Å². The molecule has 2 aliphatic heterocycles. The second-order valence-electron chi connectivity index (χ2n) is 10.1. The molecule has 0 aromatic carbocycles. The molecule has 7 nitrogen and oxygen atoms in total. The van der Waals surface area contributed by atoms with E-state index >= 15 is 0 Å². The molecule has 2 N–H and O–H groups in total. The molecule has 2 saturated carbocycles. The molecule has 3 atom stereocenters. The number of aliphatic imine (C=N–C) groups is 1. The molecule has 0 aromatic heterocycles. The van der Waals surface area contributed by atoms with E-state index < -0.39 is 0 Å². The van der Waals surface area contributed by atoms with Gasteiger partial charge in [-0.15, -0.1) is 24.0 Å². The summed E-state index contributed by atoms with van der Waals surface area (Å²) in [6.07, 6.45) is 6.18. The van der Waals surface area contributed by atoms with Crippen molar-refractivity contribution in [2.45, 2.75) is 65.0 Å². The van der Waals surface area contributed by atoms with Crippen molar-refractivity contribution < 1.29 is 9.53 Å². The average Bonchev–Trinajstić information content (AvgIpc) is 3.43. The molecule has 4 aliphatic rings. The third-order valence-electron chi connectivity index (χ3n) is 7.81. The standard InChI is InChI=1S/C23H41N5O2.HI/c1-4-24-22(26-19-18-9-16-30-20(18)23(19,2)3)25-10-11-27-12-14-28(15-13-27)21(29)17-7-5-6-8-17;/h17-20H,4-16H2,1-3H3,(H2,24,25,26);1H. The largest absolute Gasteiger partial charge is 0.377 e. The van der Waals surface area contributed by atoms with Crippen molar-refractivity contribution in [2.75, 3.05) is 52.4 Å². The number of amides is 1. The van der Waals surface area contributed by atoms with Crippen LogP contribution < -0.4 is 10.6 Å². The number of carbonyl (C=O) groups excluding carboxylic acids is 1. The van der Waals surface area contributed by atoms with Crippen molar-refractivity contribution in [3.8, 4) is 0 Å². The van der Waals surface area contributed by atoms with Crippen LogP contribution in [0.25, 0.3) is 0 Å². The molecule has 2 heterocycles. The van der Waals surface area contributed by atoms with E-state index in [0.717, 1.165) is 77.6 Å². The zero-order valence-corrected chi connectivity index (χ0v) is 21.9. The first kappa shape index (κ1) is 25.0. The number of ether oxygens (including phenoxy) is 1. The molecule has 0 aromatic rings. The molecule has 2 saturated heterocycles. The number of fused-ring (bicyclic) bond motifs is 1. The van der Waals surface area contributed by atoms with Crippen molar-refractivity contribution in [1.29, 1.82) is 0 Å². The normalized spacial score (nSPS) is 31.0. The first-order valence-electron chi connectivity index (χ1n) is 12.2. The van der Waals surface area contributed by atoms with Crippen molar-refractivity contribution in [1.82, 2.24) is 20.4 Å². The molecule has 178 valence electrons. The Kier molecular flexibility index (Phi) is 8.88. The smallest absolute Gasteiger partial charge is 0.225 e. The van der Waals surface area contributed by atoms with Crippen LogP contribution in [0.3, 0.4) is 0 Å². The molecule has 31 heavy (non-hydrogen) atoms. The van der Waals surface area contributed by atoms with E-state index in [-0.39, 0.29) is 29.4 Å². The highest BCUT2D eigenvalue weighted by Gasteiger charge is 2.59. The predicted molar refractivity (Wildman–Crippen MR) is 135 cm³/mol. The van der Waals surface area contributed by atoms with E-state index in [1.807, 2.05) is 0 Å². The van der Waals surface area contributed by atoms with Gasteiger partial charge in [-0.05, 0) is 26.2 Å². The lowest BCUT2D eigenvalue weighted by Gasteiger charge is -2.54. The summed E-state index contributed by atoms with van der Waals surface area (Å²) in [5, 5.41) is 7.11. The fourth-order valence-electron chi connectivity index (χ4n) is 6.01. The first-order valence-corrected chi connectivity index (χ1v) is 12.2. The summed E-state index contributed by atoms with van der Waals surface area (Å²) in [6.45, 7) is 13.9. The van der Waals surface area contributed by atoms with Gasteiger partial charge in [-0.1, -0.05) is 26.7 Å². The third-order valence-corrected chi connectivity index (χ3v) is 7.81. The van der Waals surface area contributed by atoms with Crippen LogP contribution >= 0.6 is 24.0 Å². The van der Waals surface area contributed by atoms with Gasteiger partial charge in [-0.25, -0.2) is 0 Å². The van der Waals surface area contributed by atoms with E-state index in [2.05, 4.69) is 41.2 Å². The van der Waals surface area contributed by atoms with Gasteiger partial charge in [-0.2, -0.15) is 0 Å². The van der Waals surface area contributed by atoms with Crippen LogP contribution in [0.15, 0.2) is 4.99 Å². The summed E-state index contributed by atoms with van der Waals surface area (Å²) < 4.78 is 5.92. The van der Waals surface area contributed by atoms with Gasteiger partial charge in [-0.3, -0.25) is 14.7 Å². The van der Waals surface area contributed by atoms with Crippen LogP contribution in [0.4, 0.5) is 0 Å². The number of guanidine groups is 1. The minimum Gasteiger partial charge on any atom is -0.377 e. The number of hydrogen-bond donors (Lipinski definition) is 2. The maximum absolute atomic E-state index is 12.6. The monoisotopic (exact) mass is 547 g/mol. The lowest BCUT2D eigenvalue weighted by Crippen LogP contribution is -2.68. The Morgan fingerprint density at radius 3 is 2.52 bits per heavy atom. The summed E-state index contributed by atoms with van der Waals surface area (Å²) in [7, 11) is 0. The van der Waals surface area contributed by atoms with Crippen LogP contribution in [0, 0.1) is 17.3 Å². The Balaban J connectivity index is 0.00000272. The van der Waals surface area contributed by atoms with Crippen LogP contribution in [0.1, 0.15) is 52.9 Å². The Labute approximate surface area is 205 Å². The van der Waals surface area contributed by atoms with Gasteiger partial charge >= 0.3 is 0 Å². The molecule has 2 aliphatic carbocycles. The number of halogens is 1. The van der Waals surface area contributed by atoms with Crippen LogP contribution in [-0.4, -0.2) is 86.2 Å². The molecule has 8 heteroatoms. The van der Waals surface area contributed by atoms with Gasteiger partial charge in [0.2, 0.25) is 5.91 Å². The number of rotatable bonds is 6. The molecule has 3 unspecified atom stereocenters.